The number of aliphatic hydroxyl groups excluding tert-OH is 1. The van der Waals surface area contributed by atoms with Crippen molar-refractivity contribution < 1.29 is 24.2 Å². The molecule has 0 spiro atoms. The summed E-state index contributed by atoms with van der Waals surface area (Å²) in [5.74, 6) is 0.191. The molecule has 1 aromatic carbocycles. The van der Waals surface area contributed by atoms with E-state index in [2.05, 4.69) is 22.5 Å². The molecule has 2 rings (SSSR count). The van der Waals surface area contributed by atoms with Gasteiger partial charge in [-0.25, -0.2) is 4.98 Å². The van der Waals surface area contributed by atoms with E-state index in [1.807, 2.05) is 5.38 Å². The Labute approximate surface area is 212 Å². The molecule has 2 aromatic rings. The molecule has 1 aromatic heterocycles. The fraction of sp³-hybridized carbons (Fsp3) is 0.560. The lowest BCUT2D eigenvalue weighted by atomic mass is 10.1. The Morgan fingerprint density at radius 3 is 2.46 bits per heavy atom. The number of carbonyl (C=O) groups is 2. The van der Waals surface area contributed by atoms with E-state index in [0.29, 0.717) is 36.2 Å². The van der Waals surface area contributed by atoms with Crippen LogP contribution in [0.3, 0.4) is 0 Å². The van der Waals surface area contributed by atoms with Gasteiger partial charge in [0, 0.05) is 36.8 Å². The fourth-order valence-corrected chi connectivity index (χ4v) is 3.47. The van der Waals surface area contributed by atoms with Crippen LogP contribution in [0.1, 0.15) is 62.2 Å². The van der Waals surface area contributed by atoms with Crippen molar-refractivity contribution in [2.24, 2.45) is 5.73 Å². The van der Waals surface area contributed by atoms with Gasteiger partial charge in [0.15, 0.2) is 0 Å². The van der Waals surface area contributed by atoms with Crippen LogP contribution >= 0.6 is 11.3 Å². The molecule has 0 aliphatic carbocycles. The number of amides is 2. The van der Waals surface area contributed by atoms with E-state index in [0.717, 1.165) is 19.4 Å². The second-order valence-corrected chi connectivity index (χ2v) is 8.75. The highest BCUT2D eigenvalue weighted by molar-refractivity contribution is 7.11. The number of nitrogens with two attached hydrogens (primary N) is 1. The number of benzene rings is 1. The summed E-state index contributed by atoms with van der Waals surface area (Å²) in [5.41, 5.74) is 5.60. The van der Waals surface area contributed by atoms with Crippen LogP contribution in [0.2, 0.25) is 0 Å². The van der Waals surface area contributed by atoms with Crippen molar-refractivity contribution in [3.63, 3.8) is 0 Å². The SMILES string of the molecule is CCCCCCCCCNC=O.NC(=O)c1ccc(OCCNCC(O)COc2nccs2)cc1. The maximum absolute atomic E-state index is 10.9. The molecular weight excluding hydrogens is 468 g/mol. The molecule has 0 bridgehead atoms. The fourth-order valence-electron chi connectivity index (χ4n) is 2.98. The van der Waals surface area contributed by atoms with Crippen LogP contribution in [-0.4, -0.2) is 61.4 Å². The smallest absolute Gasteiger partial charge is 0.273 e. The van der Waals surface area contributed by atoms with E-state index in [9.17, 15) is 14.7 Å². The zero-order chi connectivity index (χ0) is 25.6. The Hall–Kier alpha value is -2.69. The molecule has 9 nitrogen and oxygen atoms in total. The zero-order valence-corrected chi connectivity index (χ0v) is 21.4. The van der Waals surface area contributed by atoms with Crippen molar-refractivity contribution in [1.82, 2.24) is 15.6 Å². The molecule has 1 unspecified atom stereocenters. The number of aromatic nitrogens is 1. The maximum atomic E-state index is 10.9. The van der Waals surface area contributed by atoms with Gasteiger partial charge in [-0.2, -0.15) is 0 Å². The van der Waals surface area contributed by atoms with Crippen molar-refractivity contribution in [3.05, 3.63) is 41.4 Å². The lowest BCUT2D eigenvalue weighted by Gasteiger charge is -2.12. The minimum Gasteiger partial charge on any atom is -0.492 e. The molecular formula is C25H40N4O5S. The first-order valence-electron chi connectivity index (χ1n) is 12.2. The minimum atomic E-state index is -0.617. The molecule has 196 valence electrons. The van der Waals surface area contributed by atoms with Crippen LogP contribution in [0.4, 0.5) is 0 Å². The third-order valence-electron chi connectivity index (χ3n) is 4.88. The van der Waals surface area contributed by atoms with Crippen molar-refractivity contribution >= 4 is 23.7 Å². The van der Waals surface area contributed by atoms with Gasteiger partial charge in [-0.15, -0.1) is 0 Å². The molecule has 0 aliphatic rings. The Bertz CT molecular complexity index is 775. The van der Waals surface area contributed by atoms with Gasteiger partial charge in [0.1, 0.15) is 25.1 Å². The van der Waals surface area contributed by atoms with Gasteiger partial charge in [-0.05, 0) is 30.7 Å². The predicted molar refractivity (Wildman–Crippen MR) is 139 cm³/mol. The number of unbranched alkanes of at least 4 members (excludes halogenated alkanes) is 6. The van der Waals surface area contributed by atoms with E-state index in [1.54, 1.807) is 30.5 Å². The topological polar surface area (TPSA) is 136 Å². The van der Waals surface area contributed by atoms with E-state index >= 15 is 0 Å². The summed E-state index contributed by atoms with van der Waals surface area (Å²) in [4.78, 5) is 24.8. The number of aliphatic hydroxyl groups is 1. The second kappa shape index (κ2) is 20.7. The zero-order valence-electron chi connectivity index (χ0n) is 20.6. The number of ether oxygens (including phenoxy) is 2. The Balaban J connectivity index is 0.000000434. The number of nitrogens with one attached hydrogen (secondary N) is 2. The van der Waals surface area contributed by atoms with E-state index in [-0.39, 0.29) is 6.61 Å². The van der Waals surface area contributed by atoms with Crippen LogP contribution in [0.25, 0.3) is 0 Å². The molecule has 0 radical (unpaired) electrons. The maximum Gasteiger partial charge on any atom is 0.273 e. The molecule has 0 fully saturated rings. The van der Waals surface area contributed by atoms with Gasteiger partial charge >= 0.3 is 0 Å². The van der Waals surface area contributed by atoms with Crippen LogP contribution in [0, 0.1) is 0 Å². The van der Waals surface area contributed by atoms with E-state index in [4.69, 9.17) is 15.2 Å². The average molecular weight is 509 g/mol. The van der Waals surface area contributed by atoms with Crippen molar-refractivity contribution in [3.8, 4) is 10.9 Å². The largest absolute Gasteiger partial charge is 0.492 e. The third-order valence-corrected chi connectivity index (χ3v) is 5.57. The molecule has 0 saturated heterocycles. The summed E-state index contributed by atoms with van der Waals surface area (Å²) >= 11 is 1.38. The van der Waals surface area contributed by atoms with Gasteiger partial charge < -0.3 is 30.9 Å². The highest BCUT2D eigenvalue weighted by atomic mass is 32.1. The number of carbonyl (C=O) groups excluding carboxylic acids is 2. The molecule has 35 heavy (non-hydrogen) atoms. The minimum absolute atomic E-state index is 0.190. The summed E-state index contributed by atoms with van der Waals surface area (Å²) < 4.78 is 10.8. The monoisotopic (exact) mass is 508 g/mol. The molecule has 5 N–H and O–H groups in total. The van der Waals surface area contributed by atoms with Gasteiger partial charge in [0.25, 0.3) is 5.19 Å². The lowest BCUT2D eigenvalue weighted by Crippen LogP contribution is -2.33. The molecule has 1 atom stereocenters. The Morgan fingerprint density at radius 2 is 1.83 bits per heavy atom. The first-order valence-corrected chi connectivity index (χ1v) is 13.1. The normalized spacial score (nSPS) is 11.1. The number of hydrogen-bond acceptors (Lipinski definition) is 8. The molecule has 1 heterocycles. The van der Waals surface area contributed by atoms with E-state index in [1.165, 1.54) is 49.9 Å². The summed E-state index contributed by atoms with van der Waals surface area (Å²) in [6.07, 6.45) is 10.9. The number of thiazole rings is 1. The lowest BCUT2D eigenvalue weighted by molar-refractivity contribution is -0.109. The highest BCUT2D eigenvalue weighted by Crippen LogP contribution is 2.13. The third kappa shape index (κ3) is 16.6. The Morgan fingerprint density at radius 1 is 1.11 bits per heavy atom. The predicted octanol–water partition coefficient (Wildman–Crippen LogP) is 3.13. The summed E-state index contributed by atoms with van der Waals surface area (Å²) in [7, 11) is 0. The summed E-state index contributed by atoms with van der Waals surface area (Å²) in [5, 5.41) is 17.9. The molecule has 0 saturated carbocycles. The second-order valence-electron chi connectivity index (χ2n) is 7.90. The van der Waals surface area contributed by atoms with Crippen LogP contribution < -0.4 is 25.8 Å². The van der Waals surface area contributed by atoms with Crippen LogP contribution in [-0.2, 0) is 4.79 Å². The molecule has 2 amide bonds. The van der Waals surface area contributed by atoms with E-state index < -0.39 is 12.0 Å². The van der Waals surface area contributed by atoms with Gasteiger partial charge in [-0.3, -0.25) is 9.59 Å². The standard InChI is InChI=1S/C15H19N3O4S.C10H21NO/c16-14(20)11-1-3-13(4-2-11)21-7-5-17-9-12(19)10-22-15-18-6-8-23-15;1-2-3-4-5-6-7-8-9-11-10-12/h1-4,6,8,12,17,19H,5,7,9-10H2,(H2,16,20);10H,2-9H2,1H3,(H,11,12). The Kier molecular flexibility index (Phi) is 17.9. The highest BCUT2D eigenvalue weighted by Gasteiger charge is 2.06. The summed E-state index contributed by atoms with van der Waals surface area (Å²) in [6.45, 7) is 4.68. The van der Waals surface area contributed by atoms with Gasteiger partial charge in [0.05, 0.1) is 0 Å². The van der Waals surface area contributed by atoms with Crippen molar-refractivity contribution in [2.45, 2.75) is 58.0 Å². The quantitative estimate of drug-likeness (QED) is 0.169. The first-order chi connectivity index (χ1) is 17.1. The first kappa shape index (κ1) is 30.3. The van der Waals surface area contributed by atoms with Gasteiger partial charge in [-0.1, -0.05) is 56.8 Å². The van der Waals surface area contributed by atoms with Gasteiger partial charge in [0.2, 0.25) is 12.3 Å². The van der Waals surface area contributed by atoms with Crippen LogP contribution in [0.15, 0.2) is 35.8 Å². The number of primary amides is 1. The molecule has 10 heteroatoms. The average Bonchev–Trinajstić information content (AvgIpc) is 3.39. The number of hydrogen-bond donors (Lipinski definition) is 4. The molecule has 0 aliphatic heterocycles. The summed E-state index contributed by atoms with van der Waals surface area (Å²) in [6, 6.07) is 6.61. The van der Waals surface area contributed by atoms with Crippen molar-refractivity contribution in [2.75, 3.05) is 32.8 Å². The number of nitrogens with zero attached hydrogens (tertiary/aromatic N) is 1. The van der Waals surface area contributed by atoms with Crippen LogP contribution in [0.5, 0.6) is 10.9 Å². The number of rotatable bonds is 19. The van der Waals surface area contributed by atoms with Crippen molar-refractivity contribution in [1.29, 1.82) is 0 Å².